The summed E-state index contributed by atoms with van der Waals surface area (Å²) in [6.07, 6.45) is 3.21. The number of nitrogens with one attached hydrogen (secondary N) is 1. The van der Waals surface area contributed by atoms with E-state index >= 15 is 0 Å². The number of hydrogen-bond donors (Lipinski definition) is 1. The average Bonchev–Trinajstić information content (AvgIpc) is 2.83. The predicted octanol–water partition coefficient (Wildman–Crippen LogP) is 5.26. The van der Waals surface area contributed by atoms with Crippen molar-refractivity contribution in [2.45, 2.75) is 38.0 Å². The number of benzene rings is 3. The molecule has 7 heteroatoms. The summed E-state index contributed by atoms with van der Waals surface area (Å²) in [6.45, 7) is 3.95. The Morgan fingerprint density at radius 2 is 1.58 bits per heavy atom. The van der Waals surface area contributed by atoms with Crippen molar-refractivity contribution in [3.05, 3.63) is 84.4 Å². The van der Waals surface area contributed by atoms with Gasteiger partial charge in [0.2, 0.25) is 5.91 Å². The first-order valence-corrected chi connectivity index (χ1v) is 12.6. The summed E-state index contributed by atoms with van der Waals surface area (Å²) in [5.74, 6) is -0.0466. The van der Waals surface area contributed by atoms with Gasteiger partial charge in [-0.3, -0.25) is 9.10 Å². The number of anilines is 2. The molecule has 6 nitrogen and oxygen atoms in total. The molecule has 0 bridgehead atoms. The minimum Gasteiger partial charge on any atom is -0.492 e. The minimum absolute atomic E-state index is 0.101. The maximum Gasteiger partial charge on any atom is 0.264 e. The molecule has 3 aromatic carbocycles. The van der Waals surface area contributed by atoms with Crippen LogP contribution >= 0.6 is 0 Å². The van der Waals surface area contributed by atoms with E-state index in [-0.39, 0.29) is 11.4 Å². The Labute approximate surface area is 196 Å². The molecule has 0 aliphatic heterocycles. The van der Waals surface area contributed by atoms with E-state index in [2.05, 4.69) is 12.2 Å². The third-order valence-electron chi connectivity index (χ3n) is 5.11. The second kappa shape index (κ2) is 11.5. The molecule has 0 unspecified atom stereocenters. The number of aryl methyl sites for hydroxylation is 1. The maximum atomic E-state index is 13.5. The fraction of sp³-hybridized carbons (Fsp3) is 0.269. The van der Waals surface area contributed by atoms with Gasteiger partial charge in [-0.25, -0.2) is 8.42 Å². The van der Waals surface area contributed by atoms with Gasteiger partial charge in [-0.1, -0.05) is 55.8 Å². The number of carbonyl (C=O) groups is 1. The number of ether oxygens (including phenoxy) is 1. The van der Waals surface area contributed by atoms with E-state index in [1.54, 1.807) is 42.5 Å². The summed E-state index contributed by atoms with van der Waals surface area (Å²) in [6, 6.07) is 22.5. The van der Waals surface area contributed by atoms with Crippen LogP contribution in [0.4, 0.5) is 11.4 Å². The fourth-order valence-corrected chi connectivity index (χ4v) is 4.88. The van der Waals surface area contributed by atoms with Gasteiger partial charge in [-0.05, 0) is 61.7 Å². The number of amides is 1. The molecular weight excluding hydrogens is 436 g/mol. The maximum absolute atomic E-state index is 13.5. The van der Waals surface area contributed by atoms with Gasteiger partial charge >= 0.3 is 0 Å². The van der Waals surface area contributed by atoms with Gasteiger partial charge in [0.15, 0.2) is 0 Å². The molecule has 0 radical (unpaired) electrons. The van der Waals surface area contributed by atoms with Crippen LogP contribution in [0.3, 0.4) is 0 Å². The Morgan fingerprint density at radius 1 is 0.909 bits per heavy atom. The SMILES string of the molecule is CCCCc1ccc(NC(=O)CN(c2ccccc2OCC)S(=O)(=O)c2ccccc2)cc1. The Kier molecular flexibility index (Phi) is 8.49. The third kappa shape index (κ3) is 6.35. The van der Waals surface area contributed by atoms with Crippen LogP contribution in [0, 0.1) is 0 Å². The first-order chi connectivity index (χ1) is 16.0. The topological polar surface area (TPSA) is 75.7 Å². The van der Waals surface area contributed by atoms with E-state index in [1.165, 1.54) is 17.7 Å². The van der Waals surface area contributed by atoms with Crippen LogP contribution in [0.1, 0.15) is 32.3 Å². The zero-order valence-electron chi connectivity index (χ0n) is 19.0. The molecule has 3 aromatic rings. The van der Waals surface area contributed by atoms with Crippen molar-refractivity contribution in [1.29, 1.82) is 0 Å². The van der Waals surface area contributed by atoms with Crippen molar-refractivity contribution in [1.82, 2.24) is 0 Å². The number of carbonyl (C=O) groups excluding carboxylic acids is 1. The molecule has 1 N–H and O–H groups in total. The molecule has 0 spiro atoms. The smallest absolute Gasteiger partial charge is 0.264 e. The van der Waals surface area contributed by atoms with Gasteiger partial charge < -0.3 is 10.1 Å². The molecule has 0 aliphatic rings. The van der Waals surface area contributed by atoms with Crippen LogP contribution in [0.2, 0.25) is 0 Å². The van der Waals surface area contributed by atoms with Crippen molar-refractivity contribution < 1.29 is 17.9 Å². The first kappa shape index (κ1) is 24.3. The molecule has 0 saturated carbocycles. The van der Waals surface area contributed by atoms with E-state index in [0.29, 0.717) is 23.7 Å². The summed E-state index contributed by atoms with van der Waals surface area (Å²) in [5.41, 5.74) is 2.14. The fourth-order valence-electron chi connectivity index (χ4n) is 3.43. The standard InChI is InChI=1S/C26H30N2O4S/c1-3-5-11-21-16-18-22(19-17-21)27-26(29)20-28(24-14-9-10-15-25(24)32-4-2)33(30,31)23-12-7-6-8-13-23/h6-10,12-19H,3-5,11,20H2,1-2H3,(H,27,29). The highest BCUT2D eigenvalue weighted by Crippen LogP contribution is 2.32. The predicted molar refractivity (Wildman–Crippen MR) is 132 cm³/mol. The van der Waals surface area contributed by atoms with Crippen LogP contribution in [0.15, 0.2) is 83.8 Å². The van der Waals surface area contributed by atoms with E-state index in [4.69, 9.17) is 4.74 Å². The summed E-state index contributed by atoms with van der Waals surface area (Å²) in [4.78, 5) is 13.0. The van der Waals surface area contributed by atoms with E-state index < -0.39 is 15.9 Å². The molecule has 1 amide bonds. The number of para-hydroxylation sites is 2. The molecule has 0 aromatic heterocycles. The number of sulfonamides is 1. The quantitative estimate of drug-likeness (QED) is 0.418. The van der Waals surface area contributed by atoms with E-state index in [9.17, 15) is 13.2 Å². The lowest BCUT2D eigenvalue weighted by Crippen LogP contribution is -2.38. The van der Waals surface area contributed by atoms with Gasteiger partial charge in [-0.15, -0.1) is 0 Å². The van der Waals surface area contributed by atoms with Crippen LogP contribution in [0.25, 0.3) is 0 Å². The van der Waals surface area contributed by atoms with Gasteiger partial charge in [0.25, 0.3) is 10.0 Å². The van der Waals surface area contributed by atoms with Gasteiger partial charge in [0.1, 0.15) is 12.3 Å². The van der Waals surface area contributed by atoms with Crippen molar-refractivity contribution >= 4 is 27.3 Å². The van der Waals surface area contributed by atoms with Crippen molar-refractivity contribution in [3.8, 4) is 5.75 Å². The lowest BCUT2D eigenvalue weighted by atomic mass is 10.1. The van der Waals surface area contributed by atoms with Crippen LogP contribution in [0.5, 0.6) is 5.75 Å². The summed E-state index contributed by atoms with van der Waals surface area (Å²) < 4.78 is 33.8. The lowest BCUT2D eigenvalue weighted by Gasteiger charge is -2.26. The zero-order valence-corrected chi connectivity index (χ0v) is 19.8. The number of unbranched alkanes of at least 4 members (excludes halogenated alkanes) is 1. The Balaban J connectivity index is 1.88. The lowest BCUT2D eigenvalue weighted by molar-refractivity contribution is -0.114. The van der Waals surface area contributed by atoms with Gasteiger partial charge in [0, 0.05) is 5.69 Å². The Hall–Kier alpha value is -3.32. The van der Waals surface area contributed by atoms with E-state index in [0.717, 1.165) is 23.6 Å². The largest absolute Gasteiger partial charge is 0.492 e. The number of nitrogens with zero attached hydrogens (tertiary/aromatic N) is 1. The van der Waals surface area contributed by atoms with Crippen LogP contribution in [-0.2, 0) is 21.2 Å². The molecule has 0 heterocycles. The van der Waals surface area contributed by atoms with Crippen LogP contribution in [-0.4, -0.2) is 27.5 Å². The molecule has 3 rings (SSSR count). The number of hydrogen-bond acceptors (Lipinski definition) is 4. The summed E-state index contributed by atoms with van der Waals surface area (Å²) >= 11 is 0. The molecule has 0 atom stereocenters. The zero-order chi connectivity index (χ0) is 23.7. The highest BCUT2D eigenvalue weighted by Gasteiger charge is 2.29. The van der Waals surface area contributed by atoms with Gasteiger partial charge in [-0.2, -0.15) is 0 Å². The molecule has 0 fully saturated rings. The highest BCUT2D eigenvalue weighted by atomic mass is 32.2. The van der Waals surface area contributed by atoms with Gasteiger partial charge in [0.05, 0.1) is 17.2 Å². The molecule has 0 aliphatic carbocycles. The highest BCUT2D eigenvalue weighted by molar-refractivity contribution is 7.92. The second-order valence-electron chi connectivity index (χ2n) is 7.57. The summed E-state index contributed by atoms with van der Waals surface area (Å²) in [5, 5.41) is 2.81. The normalized spacial score (nSPS) is 11.1. The molecular formula is C26H30N2O4S. The Morgan fingerprint density at radius 3 is 2.24 bits per heavy atom. The summed E-state index contributed by atoms with van der Waals surface area (Å²) in [7, 11) is -4.01. The first-order valence-electron chi connectivity index (χ1n) is 11.1. The molecule has 174 valence electrons. The monoisotopic (exact) mass is 466 g/mol. The van der Waals surface area contributed by atoms with Crippen molar-refractivity contribution in [3.63, 3.8) is 0 Å². The molecule has 33 heavy (non-hydrogen) atoms. The van der Waals surface area contributed by atoms with Crippen LogP contribution < -0.4 is 14.4 Å². The van der Waals surface area contributed by atoms with E-state index in [1.807, 2.05) is 31.2 Å². The third-order valence-corrected chi connectivity index (χ3v) is 6.88. The second-order valence-corrected chi connectivity index (χ2v) is 9.44. The average molecular weight is 467 g/mol. The van der Waals surface area contributed by atoms with Crippen molar-refractivity contribution in [2.75, 3.05) is 22.8 Å². The van der Waals surface area contributed by atoms with Crippen molar-refractivity contribution in [2.24, 2.45) is 0 Å². The molecule has 0 saturated heterocycles. The minimum atomic E-state index is -4.01. The number of rotatable bonds is 11. The Bertz CT molecular complexity index is 1150.